The van der Waals surface area contributed by atoms with E-state index in [0.717, 1.165) is 141 Å². The van der Waals surface area contributed by atoms with Gasteiger partial charge in [0.2, 0.25) is 0 Å². The van der Waals surface area contributed by atoms with Crippen LogP contribution in [0.1, 0.15) is 90.4 Å². The first kappa shape index (κ1) is 68.0. The number of nitro groups is 2. The van der Waals surface area contributed by atoms with Crippen LogP contribution in [0.4, 0.5) is 68.2 Å². The second-order valence-electron chi connectivity index (χ2n) is 25.7. The van der Waals surface area contributed by atoms with Gasteiger partial charge in [0.25, 0.3) is 11.4 Å². The topological polar surface area (TPSA) is 243 Å². The van der Waals surface area contributed by atoms with Crippen LogP contribution in [0.25, 0.3) is 0 Å². The number of alkyl halides is 2. The number of benzene rings is 8. The third kappa shape index (κ3) is 14.1. The molecule has 0 saturated heterocycles. The lowest BCUT2D eigenvalue weighted by molar-refractivity contribution is -0.385. The van der Waals surface area contributed by atoms with Crippen molar-refractivity contribution in [3.63, 3.8) is 0 Å². The molecular formula is C73H88Br2N14O5. The number of fused-ring (bicyclic) bond motifs is 27. The Balaban J connectivity index is 0.000000144. The van der Waals surface area contributed by atoms with Crippen LogP contribution in [0.5, 0.6) is 0 Å². The van der Waals surface area contributed by atoms with Gasteiger partial charge in [-0.2, -0.15) is 0 Å². The van der Waals surface area contributed by atoms with Gasteiger partial charge in [-0.05, 0) is 160 Å². The lowest BCUT2D eigenvalue weighted by atomic mass is 9.99. The van der Waals surface area contributed by atoms with Gasteiger partial charge in [0.15, 0.2) is 0 Å². The first-order chi connectivity index (χ1) is 44.7. The van der Waals surface area contributed by atoms with E-state index >= 15 is 0 Å². The first-order valence-electron chi connectivity index (χ1n) is 31.8. The van der Waals surface area contributed by atoms with E-state index in [-0.39, 0.29) is 28.1 Å². The lowest BCUT2D eigenvalue weighted by Gasteiger charge is -2.45. The van der Waals surface area contributed by atoms with E-state index in [2.05, 4.69) is 210 Å². The number of hydrogen-bond acceptors (Lipinski definition) is 16. The van der Waals surface area contributed by atoms with Gasteiger partial charge in [0, 0.05) is 184 Å². The summed E-state index contributed by atoms with van der Waals surface area (Å²) in [5.41, 5.74) is 53.9. The van der Waals surface area contributed by atoms with Gasteiger partial charge in [-0.25, -0.2) is 11.1 Å². The second-order valence-corrected chi connectivity index (χ2v) is 27.3. The van der Waals surface area contributed by atoms with E-state index in [1.807, 2.05) is 12.1 Å². The molecule has 0 fully saturated rings. The fourth-order valence-corrected chi connectivity index (χ4v) is 14.4. The van der Waals surface area contributed by atoms with Crippen molar-refractivity contribution < 1.29 is 16.7 Å². The monoisotopic (exact) mass is 1400 g/mol. The molecule has 8 aliphatic rings. The highest BCUT2D eigenvalue weighted by Crippen LogP contribution is 2.44. The molecule has 16 rings (SSSR count). The van der Waals surface area contributed by atoms with E-state index in [1.165, 1.54) is 89.8 Å². The van der Waals surface area contributed by atoms with Crippen LogP contribution in [0, 0.1) is 86.7 Å². The Morgan fingerprint density at radius 3 is 0.851 bits per heavy atom. The van der Waals surface area contributed by atoms with Gasteiger partial charge in [0.05, 0.1) is 16.5 Å². The van der Waals surface area contributed by atoms with Crippen molar-refractivity contribution in [1.82, 2.24) is 0 Å². The Bertz CT molecular complexity index is 3930. The van der Waals surface area contributed by atoms with Crippen molar-refractivity contribution >= 4 is 100 Å². The molecule has 8 aromatic rings. The molecule has 21 heteroatoms. The number of aryl methyl sites for hydroxylation is 8. The number of halogens is 2. The summed E-state index contributed by atoms with van der Waals surface area (Å²) in [5, 5.41) is 24.7. The van der Waals surface area contributed by atoms with Crippen LogP contribution in [0.15, 0.2) is 121 Å². The average molecular weight is 1400 g/mol. The number of nitro benzene ring substituents is 2. The van der Waals surface area contributed by atoms with E-state index in [0.29, 0.717) is 24.2 Å². The Morgan fingerprint density at radius 1 is 0.362 bits per heavy atom. The van der Waals surface area contributed by atoms with Gasteiger partial charge in [-0.1, -0.05) is 115 Å². The van der Waals surface area contributed by atoms with Gasteiger partial charge in [-0.15, -0.1) is 0 Å². The SMILES string of the molecule is BrCCBr.Cc1cc2c(cc1N)N1CCN(C2)c2cc(N)c(C)cc2C1.Cc1cc2c(cc1[N+](=O)[O-])N1CCN(C2)c2cc([N+](=O)[O-])c(C)cc2C1.Cc1ccc2c(c1)CN1CCN2Cc2cc(C)ccc21.Cc1ccc2c(c1)CN1CN2Cc2cc(C)ccc21.N=N.O.[HH]. The summed E-state index contributed by atoms with van der Waals surface area (Å²) in [5.74, 6) is 0. The fraction of sp³-hybridized carbons (Fsp3) is 0.342. The molecule has 8 N–H and O–H groups in total. The minimum absolute atomic E-state index is 0. The maximum Gasteiger partial charge on any atom is 0.274 e. The summed E-state index contributed by atoms with van der Waals surface area (Å²) in [7, 11) is 0. The summed E-state index contributed by atoms with van der Waals surface area (Å²) in [6.45, 7) is 30.2. The molecule has 8 aliphatic heterocycles. The summed E-state index contributed by atoms with van der Waals surface area (Å²) < 4.78 is 0. The molecule has 8 aromatic carbocycles. The molecule has 0 aliphatic carbocycles. The standard InChI is InChI=1S/C18H18N4O4.C18H22N4.C18H20N2.C17H18N2.C2H4Br2.H2N2.H2O.H2/c1-11-5-13-9-19-3-4-20(17(13)7-15(11)21(23)24)10-14-6-12(2)16(22(25)26)8-18(14)19;1-11-5-13-9-21-3-4-22(17(13)7-15(11)19)10-14-6-12(2)16(20)8-18(14)21;1-13-3-5-17-15(9-13)11-19-7-8-20(17)12-16-10-14(2)4-6-18(16)19;1-12-3-5-16-14(7-12)9-18-11-19(16)10-15-8-13(2)4-6-17(15)18;3-1-2-4;1-2;;/h5-8H,3-4,9-10H2,1-2H3;5-8H,3-4,9-10,19-20H2,1-2H3;3-6,9-10H,7-8,11-12H2,1-2H3;3-8H,9-11H2,1-2H3;1-2H2;1-2H;1H2;1H. The quantitative estimate of drug-likeness (QED) is 0.0423. The normalized spacial score (nSPS) is 15.1. The number of hydrogen-bond donors (Lipinski definition) is 4. The molecule has 0 amide bonds. The number of nitrogen functional groups attached to an aromatic ring is 2. The number of anilines is 10. The molecule has 0 saturated carbocycles. The van der Waals surface area contributed by atoms with Crippen molar-refractivity contribution in [1.29, 1.82) is 11.1 Å². The maximum absolute atomic E-state index is 11.3. The zero-order valence-electron chi connectivity index (χ0n) is 55.1. The molecule has 0 atom stereocenters. The second kappa shape index (κ2) is 28.7. The Morgan fingerprint density at radius 2 is 0.585 bits per heavy atom. The third-order valence-electron chi connectivity index (χ3n) is 19.0. The molecule has 494 valence electrons. The molecule has 0 aromatic heterocycles. The lowest BCUT2D eigenvalue weighted by Crippen LogP contribution is -2.46. The van der Waals surface area contributed by atoms with Crippen LogP contribution in [0.3, 0.4) is 0 Å². The number of nitrogens with zero attached hydrogens (tertiary/aromatic N) is 10. The highest BCUT2D eigenvalue weighted by atomic mass is 79.9. The third-order valence-corrected chi connectivity index (χ3v) is 20.9. The van der Waals surface area contributed by atoms with Crippen LogP contribution in [-0.2, 0) is 52.4 Å². The zero-order valence-corrected chi connectivity index (χ0v) is 58.3. The zero-order chi connectivity index (χ0) is 66.1. The van der Waals surface area contributed by atoms with Crippen molar-refractivity contribution in [3.8, 4) is 0 Å². The Labute approximate surface area is 570 Å². The maximum atomic E-state index is 11.3. The molecule has 8 bridgehead atoms. The van der Waals surface area contributed by atoms with Gasteiger partial charge >= 0.3 is 0 Å². The smallest absolute Gasteiger partial charge is 0.274 e. The van der Waals surface area contributed by atoms with Crippen molar-refractivity contribution in [3.05, 3.63) is 231 Å². The highest BCUT2D eigenvalue weighted by molar-refractivity contribution is 9.11. The fourth-order valence-electron chi connectivity index (χ4n) is 14.4. The van der Waals surface area contributed by atoms with Gasteiger partial charge in [0.1, 0.15) is 0 Å². The van der Waals surface area contributed by atoms with Crippen LogP contribution in [-0.4, -0.2) is 71.9 Å². The van der Waals surface area contributed by atoms with Gasteiger partial charge < -0.3 is 56.1 Å². The summed E-state index contributed by atoms with van der Waals surface area (Å²) >= 11 is 6.40. The van der Waals surface area contributed by atoms with Crippen LogP contribution < -0.4 is 50.7 Å². The minimum Gasteiger partial charge on any atom is -0.412 e. The highest BCUT2D eigenvalue weighted by Gasteiger charge is 2.34. The van der Waals surface area contributed by atoms with Crippen molar-refractivity contribution in [2.24, 2.45) is 0 Å². The molecule has 8 heterocycles. The molecule has 0 unspecified atom stereocenters. The Kier molecular flexibility index (Phi) is 20.8. The van der Waals surface area contributed by atoms with E-state index in [1.54, 1.807) is 26.0 Å². The molecule has 94 heavy (non-hydrogen) atoms. The molecule has 19 nitrogen and oxygen atoms in total. The minimum atomic E-state index is -0.344. The van der Waals surface area contributed by atoms with Crippen molar-refractivity contribution in [2.45, 2.75) is 108 Å². The molecule has 0 radical (unpaired) electrons. The van der Waals surface area contributed by atoms with E-state index in [9.17, 15) is 20.2 Å². The largest absolute Gasteiger partial charge is 0.412 e. The molecule has 0 spiro atoms. The van der Waals surface area contributed by atoms with Crippen molar-refractivity contribution in [2.75, 3.05) is 107 Å². The van der Waals surface area contributed by atoms with Crippen LogP contribution in [0.2, 0.25) is 0 Å². The number of nitrogens with one attached hydrogen (secondary N) is 2. The van der Waals surface area contributed by atoms with Gasteiger partial charge in [-0.3, -0.25) is 20.2 Å². The summed E-state index contributed by atoms with van der Waals surface area (Å²) in [6.07, 6.45) is 0. The number of nitrogens with two attached hydrogens (primary N) is 2. The first-order valence-corrected chi connectivity index (χ1v) is 34.0. The van der Waals surface area contributed by atoms with E-state index < -0.39 is 0 Å². The Hall–Kier alpha value is -8.92. The summed E-state index contributed by atoms with van der Waals surface area (Å²) in [6, 6.07) is 43.2. The molecular weight excluding hydrogens is 1310 g/mol. The van der Waals surface area contributed by atoms with E-state index in [4.69, 9.17) is 22.5 Å². The summed E-state index contributed by atoms with van der Waals surface area (Å²) in [4.78, 5) is 41.2. The number of rotatable bonds is 3. The van der Waals surface area contributed by atoms with Crippen LogP contribution >= 0.6 is 31.9 Å². The predicted molar refractivity (Wildman–Crippen MR) is 394 cm³/mol. The predicted octanol–water partition coefficient (Wildman–Crippen LogP) is 15.3. The average Bonchev–Trinajstić information content (AvgIpc) is 1.70.